The Morgan fingerprint density at radius 2 is 1.55 bits per heavy atom. The number of amides is 1. The van der Waals surface area contributed by atoms with Crippen molar-refractivity contribution >= 4 is 35.2 Å². The number of Topliss-reactive ketones (excluding diaryl/α,β-unsaturated/α-hetero) is 3. The maximum Gasteiger partial charge on any atom is 0.316 e. The molecule has 1 saturated carbocycles. The highest BCUT2D eigenvalue weighted by molar-refractivity contribution is 6.38. The molecule has 1 aromatic carbocycles. The smallest absolute Gasteiger partial charge is 0.316 e. The third-order valence-electron chi connectivity index (χ3n) is 17.4. The molecule has 1 unspecified atom stereocenters. The summed E-state index contributed by atoms with van der Waals surface area (Å²) in [5, 5.41) is 23.5. The number of benzene rings is 1. The zero-order chi connectivity index (χ0) is 58.5. The number of piperidine rings is 1. The second-order valence-electron chi connectivity index (χ2n) is 24.0. The van der Waals surface area contributed by atoms with Crippen LogP contribution in [0, 0.1) is 46.8 Å². The molecule has 444 valence electrons. The number of hydrogen-bond donors (Lipinski definition) is 2. The van der Waals surface area contributed by atoms with Gasteiger partial charge in [-0.15, -0.1) is 0 Å². The van der Waals surface area contributed by atoms with Crippen LogP contribution in [0.25, 0.3) is 0 Å². The Hall–Kier alpha value is -4.72. The van der Waals surface area contributed by atoms with Gasteiger partial charge in [-0.25, -0.2) is 0 Å². The number of ketones is 3. The summed E-state index contributed by atoms with van der Waals surface area (Å²) in [6.45, 7) is 14.7. The van der Waals surface area contributed by atoms with E-state index < -0.39 is 108 Å². The molecule has 2 N–H and O–H groups in total. The van der Waals surface area contributed by atoms with Crippen LogP contribution in [0.4, 0.5) is 0 Å². The number of carbonyl (C=O) groups excluding carboxylic acids is 6. The minimum atomic E-state index is -2.40. The van der Waals surface area contributed by atoms with E-state index in [0.29, 0.717) is 69.8 Å². The molecule has 0 radical (unpaired) electrons. The highest BCUT2D eigenvalue weighted by atomic mass is 16.7. The largest absolute Gasteiger partial charge is 0.461 e. The number of aliphatic hydroxyl groups is 2. The van der Waals surface area contributed by atoms with Crippen molar-refractivity contribution in [1.29, 1.82) is 0 Å². The van der Waals surface area contributed by atoms with Crippen molar-refractivity contribution in [3.63, 3.8) is 0 Å². The van der Waals surface area contributed by atoms with Crippen molar-refractivity contribution in [3.8, 4) is 0 Å². The number of nitrogens with zero attached hydrogens (tertiary/aromatic N) is 1. The molecule has 3 saturated heterocycles. The number of ether oxygens (including phenoxy) is 8. The van der Waals surface area contributed by atoms with Crippen LogP contribution in [0.1, 0.15) is 138 Å². The van der Waals surface area contributed by atoms with Gasteiger partial charge in [0.05, 0.1) is 37.4 Å². The SMILES string of the molecule is CO[C@H]1C[C@@H]2CC[C@@H](C)[C@@](O)(O2)C(=O)C(=O)N2CCCC(C2)C(=O)O[C@H]([C@H](C)C[C@@H]2CC[C@@H](OC(=O)C3(C)COC(c4ccccc4)OC3)[C@H](OC)C2)CC(=O)[C@H](C)/C=C(\C)[C@@H](O)[C@@H](OC)C(=O)[C@H](C)C[C@H](C)/C=C/C=C/C=C/1C. The minimum absolute atomic E-state index is 0.00278. The van der Waals surface area contributed by atoms with Crippen LogP contribution in [0.3, 0.4) is 0 Å². The Labute approximate surface area is 474 Å². The molecule has 17 heteroatoms. The molecule has 17 nitrogen and oxygen atoms in total. The van der Waals surface area contributed by atoms with Gasteiger partial charge in [0.1, 0.15) is 35.6 Å². The van der Waals surface area contributed by atoms with Crippen molar-refractivity contribution in [3.05, 3.63) is 83.5 Å². The number of esters is 2. The first-order valence-electron chi connectivity index (χ1n) is 29.0. The first-order valence-corrected chi connectivity index (χ1v) is 29.0. The topological polar surface area (TPSA) is 220 Å². The molecule has 6 rings (SSSR count). The Balaban J connectivity index is 1.21. The Kier molecular flexibility index (Phi) is 23.8. The number of carbonyl (C=O) groups is 6. The van der Waals surface area contributed by atoms with Crippen LogP contribution in [0.2, 0.25) is 0 Å². The van der Waals surface area contributed by atoms with Gasteiger partial charge < -0.3 is 53.0 Å². The zero-order valence-electron chi connectivity index (χ0n) is 49.2. The highest BCUT2D eigenvalue weighted by Gasteiger charge is 2.52. The quantitative estimate of drug-likeness (QED) is 0.135. The van der Waals surface area contributed by atoms with E-state index in [4.69, 9.17) is 37.9 Å². The van der Waals surface area contributed by atoms with Gasteiger partial charge in [0.2, 0.25) is 5.79 Å². The van der Waals surface area contributed by atoms with E-state index in [1.807, 2.05) is 88.4 Å². The van der Waals surface area contributed by atoms with Gasteiger partial charge in [-0.05, 0) is 107 Å². The molecule has 1 aromatic rings. The number of rotatable bonds is 9. The molecule has 15 atom stereocenters. The van der Waals surface area contributed by atoms with E-state index in [1.54, 1.807) is 48.0 Å². The van der Waals surface area contributed by atoms with E-state index in [0.717, 1.165) is 11.1 Å². The monoisotopic (exact) mass is 1120 g/mol. The molecule has 4 fully saturated rings. The molecule has 80 heavy (non-hydrogen) atoms. The standard InChI is InChI=1S/C63H91NO16/c1-38-19-14-12-15-20-39(2)51(73-9)33-48-26-24-44(7)63(72,80-48)57(68)58(69)64-28-18-23-47(35-64)59(70)78-52(34-49(65)40(3)30-43(6)55(67)56(75-11)54(66)42(5)29-38)41(4)31-45-25-27-50(53(32-45)74-10)79-61(71)62(8)36-76-60(77-37-62)46-21-16-13-17-22-46/h12-17,19-22,30,38,40-42,44-45,47-48,50-53,55-56,60,67,72H,18,23-29,31-37H2,1-11H3/b15-12+,19-14+,39-20+,43-30+/t38-,40-,41-,42-,44-,45+,47?,48+,50-,51+,52+,53-,55-,56+,60?,62?,63-/m1/s1. The number of allylic oxidation sites excluding steroid dienone is 6. The second kappa shape index (κ2) is 29.5. The molecule has 1 amide bonds. The minimum Gasteiger partial charge on any atom is -0.461 e. The summed E-state index contributed by atoms with van der Waals surface area (Å²) in [5.41, 5.74) is 1.09. The zero-order valence-corrected chi connectivity index (χ0v) is 49.2. The molecule has 0 spiro atoms. The van der Waals surface area contributed by atoms with Gasteiger partial charge in [-0.3, -0.25) is 28.8 Å². The van der Waals surface area contributed by atoms with E-state index in [9.17, 15) is 39.0 Å². The fraction of sp³-hybridized carbons (Fsp3) is 0.683. The van der Waals surface area contributed by atoms with Crippen LogP contribution < -0.4 is 0 Å². The highest BCUT2D eigenvalue weighted by Crippen LogP contribution is 2.40. The van der Waals surface area contributed by atoms with Gasteiger partial charge in [0.25, 0.3) is 11.7 Å². The summed E-state index contributed by atoms with van der Waals surface area (Å²) < 4.78 is 48.1. The number of fused-ring (bicyclic) bond motifs is 4. The van der Waals surface area contributed by atoms with Crippen molar-refractivity contribution in [2.75, 3.05) is 47.6 Å². The van der Waals surface area contributed by atoms with Gasteiger partial charge in [-0.2, -0.15) is 0 Å². The molecule has 0 aromatic heterocycles. The molecule has 5 aliphatic rings. The molecular weight excluding hydrogens is 1030 g/mol. The normalized spacial score (nSPS) is 38.9. The number of aliphatic hydroxyl groups excluding tert-OH is 1. The lowest BCUT2D eigenvalue weighted by atomic mass is 9.78. The number of methoxy groups -OCH3 is 3. The van der Waals surface area contributed by atoms with Crippen molar-refractivity contribution in [1.82, 2.24) is 4.90 Å². The van der Waals surface area contributed by atoms with Gasteiger partial charge in [0, 0.05) is 70.6 Å². The lowest BCUT2D eigenvalue weighted by Gasteiger charge is -2.42. The van der Waals surface area contributed by atoms with Crippen molar-refractivity contribution in [2.24, 2.45) is 46.8 Å². The summed E-state index contributed by atoms with van der Waals surface area (Å²) in [6, 6.07) is 9.52. The van der Waals surface area contributed by atoms with Crippen LogP contribution in [-0.4, -0.2) is 146 Å². The predicted molar refractivity (Wildman–Crippen MR) is 298 cm³/mol. The van der Waals surface area contributed by atoms with Crippen LogP contribution in [-0.2, 0) is 66.7 Å². The second-order valence-corrected chi connectivity index (χ2v) is 24.0. The fourth-order valence-corrected chi connectivity index (χ4v) is 12.0. The Morgan fingerprint density at radius 3 is 2.23 bits per heavy atom. The van der Waals surface area contributed by atoms with Crippen molar-refractivity contribution < 1.29 is 76.9 Å². The number of hydrogen-bond acceptors (Lipinski definition) is 16. The van der Waals surface area contributed by atoms with Gasteiger partial charge >= 0.3 is 11.9 Å². The lowest BCUT2D eigenvalue weighted by Crippen LogP contribution is -2.59. The van der Waals surface area contributed by atoms with E-state index in [2.05, 4.69) is 0 Å². The van der Waals surface area contributed by atoms with Gasteiger partial charge in [0.15, 0.2) is 12.1 Å². The van der Waals surface area contributed by atoms with Gasteiger partial charge in [-0.1, -0.05) is 101 Å². The summed E-state index contributed by atoms with van der Waals surface area (Å²) in [4.78, 5) is 86.0. The summed E-state index contributed by atoms with van der Waals surface area (Å²) >= 11 is 0. The maximum absolute atomic E-state index is 14.4. The summed E-state index contributed by atoms with van der Waals surface area (Å²) in [5.74, 6) is -9.13. The average molecular weight is 1120 g/mol. The van der Waals surface area contributed by atoms with E-state index >= 15 is 0 Å². The van der Waals surface area contributed by atoms with Crippen molar-refractivity contribution in [2.45, 2.75) is 181 Å². The first kappa shape index (κ1) is 64.4. The van der Waals surface area contributed by atoms with Crippen LogP contribution in [0.5, 0.6) is 0 Å². The average Bonchev–Trinajstić information content (AvgIpc) is 3.48. The third kappa shape index (κ3) is 16.5. The molecule has 4 bridgehead atoms. The van der Waals surface area contributed by atoms with E-state index in [-0.39, 0.29) is 62.0 Å². The predicted octanol–water partition coefficient (Wildman–Crippen LogP) is 8.34. The Bertz CT molecular complexity index is 2390. The third-order valence-corrected chi connectivity index (χ3v) is 17.4. The molecule has 4 heterocycles. The number of cyclic esters (lactones) is 1. The molecule has 1 aliphatic carbocycles. The van der Waals surface area contributed by atoms with Crippen LogP contribution >= 0.6 is 0 Å². The summed E-state index contributed by atoms with van der Waals surface area (Å²) in [7, 11) is 4.54. The summed E-state index contributed by atoms with van der Waals surface area (Å²) in [6.07, 6.45) is 9.70. The fourth-order valence-electron chi connectivity index (χ4n) is 12.0. The lowest BCUT2D eigenvalue weighted by molar-refractivity contribution is -0.265. The Morgan fingerprint density at radius 1 is 0.838 bits per heavy atom. The first-order chi connectivity index (χ1) is 38.0. The molecular formula is C63H91NO16. The maximum atomic E-state index is 14.4. The van der Waals surface area contributed by atoms with Crippen LogP contribution in [0.15, 0.2) is 77.9 Å². The van der Waals surface area contributed by atoms with E-state index in [1.165, 1.54) is 12.0 Å². The molecule has 4 aliphatic heterocycles.